The predicted molar refractivity (Wildman–Crippen MR) is 77.5 cm³/mol. The van der Waals surface area contributed by atoms with Crippen molar-refractivity contribution in [3.8, 4) is 5.06 Å². The molecule has 0 saturated heterocycles. The molecule has 0 aromatic carbocycles. The van der Waals surface area contributed by atoms with Crippen molar-refractivity contribution in [3.05, 3.63) is 51.5 Å². The van der Waals surface area contributed by atoms with Crippen LogP contribution in [0.3, 0.4) is 0 Å². The number of aliphatic imine (C=N–C) groups is 1. The Labute approximate surface area is 124 Å². The zero-order valence-corrected chi connectivity index (χ0v) is 12.2. The van der Waals surface area contributed by atoms with Gasteiger partial charge < -0.3 is 9.84 Å². The summed E-state index contributed by atoms with van der Waals surface area (Å²) < 4.78 is 19.2. The number of hydrogen-bond donors (Lipinski definition) is 1. The Kier molecular flexibility index (Phi) is 3.25. The van der Waals surface area contributed by atoms with E-state index in [1.54, 1.807) is 19.1 Å². The van der Waals surface area contributed by atoms with Crippen LogP contribution < -0.4 is 4.74 Å². The largest absolute Gasteiger partial charge is 0.505 e. The number of ether oxygens (including phenoxy) is 1. The number of methoxy groups -OCH3 is 1. The number of carbonyl (C=O) groups excluding carboxylic acids is 1. The number of thiophene rings is 1. The third-order valence-corrected chi connectivity index (χ3v) is 4.28. The molecule has 1 aliphatic carbocycles. The van der Waals surface area contributed by atoms with Gasteiger partial charge in [-0.2, -0.15) is 0 Å². The molecule has 107 valence electrons. The second kappa shape index (κ2) is 4.96. The fourth-order valence-electron chi connectivity index (χ4n) is 2.24. The Bertz CT molecular complexity index is 768. The lowest BCUT2D eigenvalue weighted by Gasteiger charge is -2.15. The first-order valence-corrected chi connectivity index (χ1v) is 7.02. The second-order valence-corrected chi connectivity index (χ2v) is 5.66. The van der Waals surface area contributed by atoms with E-state index in [1.165, 1.54) is 7.11 Å². The van der Waals surface area contributed by atoms with Crippen LogP contribution in [0.1, 0.15) is 23.0 Å². The molecule has 1 aromatic heterocycles. The summed E-state index contributed by atoms with van der Waals surface area (Å²) >= 11 is 1.15. The average Bonchev–Trinajstić information content (AvgIpc) is 3.08. The lowest BCUT2D eigenvalue weighted by Crippen LogP contribution is -2.17. The van der Waals surface area contributed by atoms with Gasteiger partial charge in [-0.3, -0.25) is 9.79 Å². The molecular weight excluding hydrogens is 293 g/mol. The lowest BCUT2D eigenvalue weighted by molar-refractivity contribution is 0.103. The lowest BCUT2D eigenvalue weighted by atomic mass is 9.92. The second-order valence-electron chi connectivity index (χ2n) is 4.61. The van der Waals surface area contributed by atoms with Gasteiger partial charge in [0.2, 0.25) is 5.78 Å². The predicted octanol–water partition coefficient (Wildman–Crippen LogP) is 3.54. The Morgan fingerprint density at radius 2 is 2.29 bits per heavy atom. The smallest absolute Gasteiger partial charge is 0.203 e. The highest BCUT2D eigenvalue weighted by Crippen LogP contribution is 2.36. The van der Waals surface area contributed by atoms with Crippen molar-refractivity contribution in [1.29, 1.82) is 0 Å². The molecular formula is C15H11FNO3S. The molecule has 0 saturated carbocycles. The maximum Gasteiger partial charge on any atom is 0.203 e. The Hall–Kier alpha value is -2.21. The highest BCUT2D eigenvalue weighted by atomic mass is 32.1. The number of fused-ring (bicyclic) bond motifs is 1. The molecule has 4 nitrogen and oxygen atoms in total. The summed E-state index contributed by atoms with van der Waals surface area (Å²) in [6, 6.07) is 3.25. The van der Waals surface area contributed by atoms with Crippen LogP contribution in [0.5, 0.6) is 5.06 Å². The molecule has 0 atom stereocenters. The van der Waals surface area contributed by atoms with E-state index in [0.29, 0.717) is 21.3 Å². The summed E-state index contributed by atoms with van der Waals surface area (Å²) in [5.41, 5.74) is 1.12. The standard InChI is InChI=1S/C15H11FNO3S/c1-7-5-8-10(17-7)6-9(15(19)13(8)16)14(18)11-3-4-12(20-2)21-11/h3-4,19H,6H2,1-2H3. The molecule has 0 fully saturated rings. The van der Waals surface area contributed by atoms with E-state index in [1.807, 2.05) is 0 Å². The molecule has 1 aromatic rings. The number of halogens is 1. The van der Waals surface area contributed by atoms with Crippen molar-refractivity contribution < 1.29 is 19.0 Å². The molecule has 6 heteroatoms. The molecule has 1 aliphatic heterocycles. The van der Waals surface area contributed by atoms with Gasteiger partial charge in [-0.1, -0.05) is 11.3 Å². The van der Waals surface area contributed by atoms with Crippen molar-refractivity contribution in [2.45, 2.75) is 13.3 Å². The Morgan fingerprint density at radius 3 is 2.95 bits per heavy atom. The zero-order chi connectivity index (χ0) is 15.1. The van der Waals surface area contributed by atoms with Gasteiger partial charge in [0, 0.05) is 23.8 Å². The number of allylic oxidation sites excluding steroid dienone is 5. The Morgan fingerprint density at radius 1 is 1.52 bits per heavy atom. The number of rotatable bonds is 3. The number of ketones is 1. The first kappa shape index (κ1) is 13.8. The van der Waals surface area contributed by atoms with E-state index in [4.69, 9.17) is 4.74 Å². The van der Waals surface area contributed by atoms with Gasteiger partial charge in [-0.05, 0) is 19.1 Å². The zero-order valence-electron chi connectivity index (χ0n) is 11.4. The number of hydrogen-bond acceptors (Lipinski definition) is 5. The van der Waals surface area contributed by atoms with Gasteiger partial charge in [0.1, 0.15) is 0 Å². The number of Topliss-reactive ketones (excluding diaryl/α,β-unsaturated/α-hetero) is 1. The molecule has 2 heterocycles. The minimum atomic E-state index is -0.844. The molecule has 2 aliphatic rings. The van der Waals surface area contributed by atoms with Crippen LogP contribution in [0.15, 0.2) is 45.6 Å². The van der Waals surface area contributed by atoms with Crippen LogP contribution in [0.4, 0.5) is 4.39 Å². The average molecular weight is 304 g/mol. The summed E-state index contributed by atoms with van der Waals surface area (Å²) in [5.74, 6) is -1.88. The van der Waals surface area contributed by atoms with Crippen molar-refractivity contribution in [2.24, 2.45) is 4.99 Å². The summed E-state index contributed by atoms with van der Waals surface area (Å²) in [5, 5.41) is 10.5. The van der Waals surface area contributed by atoms with E-state index >= 15 is 0 Å². The van der Waals surface area contributed by atoms with E-state index < -0.39 is 17.4 Å². The van der Waals surface area contributed by atoms with Crippen molar-refractivity contribution in [3.63, 3.8) is 0 Å². The highest BCUT2D eigenvalue weighted by Gasteiger charge is 2.32. The SMILES string of the molecule is COc1ccc(C(=O)C2=C(O)C(F)=C3[C]=C(C)N=C3C2)s1. The van der Waals surface area contributed by atoms with E-state index in [2.05, 4.69) is 11.1 Å². The van der Waals surface area contributed by atoms with Gasteiger partial charge in [-0.25, -0.2) is 4.39 Å². The van der Waals surface area contributed by atoms with Gasteiger partial charge in [0.05, 0.1) is 23.3 Å². The molecule has 0 unspecified atom stereocenters. The van der Waals surface area contributed by atoms with E-state index in [9.17, 15) is 14.3 Å². The number of aliphatic hydroxyl groups excluding tert-OH is 1. The molecule has 0 amide bonds. The van der Waals surface area contributed by atoms with E-state index in [0.717, 1.165) is 11.3 Å². The quantitative estimate of drug-likeness (QED) is 0.869. The summed E-state index contributed by atoms with van der Waals surface area (Å²) in [4.78, 5) is 17.0. The first-order chi connectivity index (χ1) is 10.0. The summed E-state index contributed by atoms with van der Waals surface area (Å²) in [6.45, 7) is 1.69. The van der Waals surface area contributed by atoms with Crippen molar-refractivity contribution >= 4 is 22.8 Å². The maximum atomic E-state index is 14.1. The number of aliphatic hydroxyl groups is 1. The third kappa shape index (κ3) is 2.21. The van der Waals surface area contributed by atoms with Crippen LogP contribution in [0.2, 0.25) is 0 Å². The third-order valence-electron chi connectivity index (χ3n) is 3.24. The van der Waals surface area contributed by atoms with Gasteiger partial charge in [0.25, 0.3) is 0 Å². The fourth-order valence-corrected chi connectivity index (χ4v) is 3.03. The summed E-state index contributed by atoms with van der Waals surface area (Å²) in [7, 11) is 1.50. The normalized spacial score (nSPS) is 17.7. The van der Waals surface area contributed by atoms with Crippen LogP contribution in [0.25, 0.3) is 0 Å². The molecule has 3 rings (SSSR count). The van der Waals surface area contributed by atoms with Crippen molar-refractivity contribution in [2.75, 3.05) is 7.11 Å². The first-order valence-electron chi connectivity index (χ1n) is 6.20. The van der Waals surface area contributed by atoms with Gasteiger partial charge in [0.15, 0.2) is 16.6 Å². The van der Waals surface area contributed by atoms with Gasteiger partial charge in [-0.15, -0.1) is 0 Å². The maximum absolute atomic E-state index is 14.1. The number of carbonyl (C=O) groups is 1. The van der Waals surface area contributed by atoms with Gasteiger partial charge >= 0.3 is 0 Å². The van der Waals surface area contributed by atoms with Crippen LogP contribution in [-0.4, -0.2) is 23.7 Å². The van der Waals surface area contributed by atoms with E-state index in [-0.39, 0.29) is 17.6 Å². The molecule has 21 heavy (non-hydrogen) atoms. The van der Waals surface area contributed by atoms with Crippen LogP contribution in [-0.2, 0) is 0 Å². The van der Waals surface area contributed by atoms with Crippen LogP contribution >= 0.6 is 11.3 Å². The Balaban J connectivity index is 2.00. The molecule has 1 N–H and O–H groups in total. The fraction of sp³-hybridized carbons (Fsp3) is 0.200. The number of nitrogens with zero attached hydrogens (tertiary/aromatic N) is 1. The monoisotopic (exact) mass is 304 g/mol. The highest BCUT2D eigenvalue weighted by molar-refractivity contribution is 7.16. The summed E-state index contributed by atoms with van der Waals surface area (Å²) in [6.07, 6.45) is 2.84. The van der Waals surface area contributed by atoms with Crippen LogP contribution in [0, 0.1) is 6.08 Å². The molecule has 0 bridgehead atoms. The van der Waals surface area contributed by atoms with Crippen molar-refractivity contribution in [1.82, 2.24) is 0 Å². The minimum absolute atomic E-state index is 0.0102. The molecule has 0 spiro atoms. The minimum Gasteiger partial charge on any atom is -0.505 e. The molecule has 1 radical (unpaired) electrons. The topological polar surface area (TPSA) is 58.9 Å².